The van der Waals surface area contributed by atoms with Gasteiger partial charge in [-0.2, -0.15) is 5.10 Å². The van der Waals surface area contributed by atoms with Gasteiger partial charge in [-0.3, -0.25) is 4.79 Å². The van der Waals surface area contributed by atoms with Gasteiger partial charge in [0.05, 0.1) is 29.2 Å². The van der Waals surface area contributed by atoms with Crippen molar-refractivity contribution >= 4 is 29.2 Å². The molecular formula is C13H13ClN4O3. The summed E-state index contributed by atoms with van der Waals surface area (Å²) in [5.41, 5.74) is 11.8. The van der Waals surface area contributed by atoms with Crippen LogP contribution in [-0.2, 0) is 4.74 Å². The van der Waals surface area contributed by atoms with Crippen LogP contribution in [0.15, 0.2) is 24.4 Å². The number of aromatic nitrogens is 2. The first-order valence-electron chi connectivity index (χ1n) is 6.06. The number of carbonyl (C=O) groups excluding carboxylic acids is 2. The van der Waals surface area contributed by atoms with Gasteiger partial charge in [-0.15, -0.1) is 0 Å². The molecule has 0 saturated heterocycles. The molecule has 0 saturated carbocycles. The molecule has 0 bridgehead atoms. The van der Waals surface area contributed by atoms with Crippen LogP contribution in [0.4, 0.5) is 5.69 Å². The maximum Gasteiger partial charge on any atom is 0.361 e. The Hall–Kier alpha value is -2.54. The van der Waals surface area contributed by atoms with E-state index in [1.54, 1.807) is 13.0 Å². The van der Waals surface area contributed by atoms with Crippen LogP contribution < -0.4 is 11.5 Å². The molecule has 110 valence electrons. The number of nitrogen functional groups attached to an aromatic ring is 1. The van der Waals surface area contributed by atoms with Gasteiger partial charge in [0.2, 0.25) is 5.91 Å². The zero-order valence-electron chi connectivity index (χ0n) is 11.2. The molecule has 1 aromatic carbocycles. The van der Waals surface area contributed by atoms with Crippen molar-refractivity contribution in [3.05, 3.63) is 40.7 Å². The number of nitrogens with two attached hydrogens (primary N) is 2. The molecule has 21 heavy (non-hydrogen) atoms. The van der Waals surface area contributed by atoms with E-state index >= 15 is 0 Å². The van der Waals surface area contributed by atoms with Crippen LogP contribution in [0.25, 0.3) is 5.69 Å². The van der Waals surface area contributed by atoms with E-state index < -0.39 is 11.9 Å². The molecule has 2 rings (SSSR count). The number of hydrogen-bond acceptors (Lipinski definition) is 5. The van der Waals surface area contributed by atoms with Gasteiger partial charge in [0.25, 0.3) is 0 Å². The Balaban J connectivity index is 2.41. The number of nitrogens with zero attached hydrogens (tertiary/aromatic N) is 2. The summed E-state index contributed by atoms with van der Waals surface area (Å²) >= 11 is 6.08. The molecule has 0 radical (unpaired) electrons. The highest BCUT2D eigenvalue weighted by atomic mass is 35.5. The molecule has 0 aliphatic rings. The van der Waals surface area contributed by atoms with Gasteiger partial charge in [-0.25, -0.2) is 9.48 Å². The van der Waals surface area contributed by atoms with E-state index in [0.29, 0.717) is 5.69 Å². The molecule has 0 aliphatic carbocycles. The number of carbonyl (C=O) groups is 2. The van der Waals surface area contributed by atoms with Crippen LogP contribution >= 0.6 is 11.6 Å². The van der Waals surface area contributed by atoms with Crippen molar-refractivity contribution in [2.24, 2.45) is 5.73 Å². The minimum absolute atomic E-state index is 0.00638. The largest absolute Gasteiger partial charge is 0.461 e. The fourth-order valence-electron chi connectivity index (χ4n) is 1.71. The fraction of sp³-hybridized carbons (Fsp3) is 0.154. The summed E-state index contributed by atoms with van der Waals surface area (Å²) in [6.07, 6.45) is 1.44. The quantitative estimate of drug-likeness (QED) is 0.828. The maximum atomic E-state index is 11.7. The molecule has 1 heterocycles. The molecular weight excluding hydrogens is 296 g/mol. The molecule has 1 aromatic heterocycles. The zero-order valence-corrected chi connectivity index (χ0v) is 11.9. The molecule has 8 heteroatoms. The third kappa shape index (κ3) is 2.97. The molecule has 2 aromatic rings. The van der Waals surface area contributed by atoms with E-state index in [-0.39, 0.29) is 28.6 Å². The van der Waals surface area contributed by atoms with Gasteiger partial charge < -0.3 is 16.2 Å². The second kappa shape index (κ2) is 5.84. The normalized spacial score (nSPS) is 10.4. The van der Waals surface area contributed by atoms with Crippen LogP contribution in [-0.4, -0.2) is 28.3 Å². The second-order valence-electron chi connectivity index (χ2n) is 4.13. The number of anilines is 1. The van der Waals surface area contributed by atoms with Crippen LogP contribution in [0.2, 0.25) is 5.02 Å². The lowest BCUT2D eigenvalue weighted by molar-refractivity contribution is 0.0520. The number of ether oxygens (including phenoxy) is 1. The molecule has 4 N–H and O–H groups in total. The van der Waals surface area contributed by atoms with Crippen molar-refractivity contribution in [1.82, 2.24) is 9.78 Å². The van der Waals surface area contributed by atoms with Crippen molar-refractivity contribution in [2.75, 3.05) is 12.3 Å². The summed E-state index contributed by atoms with van der Waals surface area (Å²) < 4.78 is 6.19. The van der Waals surface area contributed by atoms with E-state index in [1.165, 1.54) is 23.0 Å². The molecule has 0 aliphatic heterocycles. The first-order chi connectivity index (χ1) is 9.93. The van der Waals surface area contributed by atoms with Crippen LogP contribution in [0, 0.1) is 0 Å². The molecule has 0 spiro atoms. The second-order valence-corrected chi connectivity index (χ2v) is 4.54. The van der Waals surface area contributed by atoms with E-state index in [9.17, 15) is 9.59 Å². The van der Waals surface area contributed by atoms with E-state index in [1.807, 2.05) is 0 Å². The van der Waals surface area contributed by atoms with E-state index in [0.717, 1.165) is 0 Å². The summed E-state index contributed by atoms with van der Waals surface area (Å²) in [6.45, 7) is 1.91. The van der Waals surface area contributed by atoms with Gasteiger partial charge in [0.15, 0.2) is 5.69 Å². The fourth-order valence-corrected chi connectivity index (χ4v) is 1.98. The predicted molar refractivity (Wildman–Crippen MR) is 77.5 cm³/mol. The Morgan fingerprint density at radius 3 is 2.71 bits per heavy atom. The summed E-state index contributed by atoms with van der Waals surface area (Å²) in [5, 5.41) is 4.30. The number of benzene rings is 1. The summed E-state index contributed by atoms with van der Waals surface area (Å²) in [6, 6.07) is 4.48. The third-order valence-corrected chi connectivity index (χ3v) is 2.99. The van der Waals surface area contributed by atoms with Gasteiger partial charge >= 0.3 is 5.97 Å². The summed E-state index contributed by atoms with van der Waals surface area (Å²) in [5.74, 6) is -1.20. The van der Waals surface area contributed by atoms with E-state index in [4.69, 9.17) is 27.8 Å². The first-order valence-corrected chi connectivity index (χ1v) is 6.43. The Kier molecular flexibility index (Phi) is 4.13. The Morgan fingerprint density at radius 1 is 1.43 bits per heavy atom. The number of esters is 1. The highest BCUT2D eigenvalue weighted by Crippen LogP contribution is 2.23. The van der Waals surface area contributed by atoms with E-state index in [2.05, 4.69) is 5.10 Å². The predicted octanol–water partition coefficient (Wildman–Crippen LogP) is 1.38. The summed E-state index contributed by atoms with van der Waals surface area (Å²) in [4.78, 5) is 22.7. The molecule has 0 atom stereocenters. The van der Waals surface area contributed by atoms with Crippen molar-refractivity contribution in [3.8, 4) is 5.69 Å². The highest BCUT2D eigenvalue weighted by molar-refractivity contribution is 6.32. The molecule has 0 fully saturated rings. The minimum Gasteiger partial charge on any atom is -0.461 e. The first kappa shape index (κ1) is 14.9. The average Bonchev–Trinajstić information content (AvgIpc) is 2.80. The van der Waals surface area contributed by atoms with Gasteiger partial charge in [0, 0.05) is 5.56 Å². The zero-order chi connectivity index (χ0) is 15.6. The maximum absolute atomic E-state index is 11.7. The Morgan fingerprint density at radius 2 is 2.14 bits per heavy atom. The van der Waals surface area contributed by atoms with Gasteiger partial charge in [0.1, 0.15) is 0 Å². The smallest absolute Gasteiger partial charge is 0.361 e. The Bertz CT molecular complexity index is 711. The number of primary amides is 1. The number of hydrogen-bond donors (Lipinski definition) is 2. The molecule has 7 nitrogen and oxygen atoms in total. The minimum atomic E-state index is -0.612. The topological polar surface area (TPSA) is 113 Å². The lowest BCUT2D eigenvalue weighted by Crippen LogP contribution is -2.11. The lowest BCUT2D eigenvalue weighted by atomic mass is 10.2. The lowest BCUT2D eigenvalue weighted by Gasteiger charge is -2.05. The number of rotatable bonds is 4. The monoisotopic (exact) mass is 308 g/mol. The standard InChI is InChI=1S/C13H13ClN4O3/c1-2-21-13(20)11-9(15)6-18(17-11)10-4-3-7(12(16)19)5-8(10)14/h3-6H,2,15H2,1H3,(H2,16,19). The van der Waals surface area contributed by atoms with Crippen molar-refractivity contribution < 1.29 is 14.3 Å². The average molecular weight is 309 g/mol. The molecule has 0 unspecified atom stereocenters. The van der Waals surface area contributed by atoms with Gasteiger partial charge in [-0.05, 0) is 25.1 Å². The SMILES string of the molecule is CCOC(=O)c1nn(-c2ccc(C(N)=O)cc2Cl)cc1N. The van der Waals surface area contributed by atoms with Crippen LogP contribution in [0.5, 0.6) is 0 Å². The van der Waals surface area contributed by atoms with Crippen molar-refractivity contribution in [3.63, 3.8) is 0 Å². The van der Waals surface area contributed by atoms with Crippen molar-refractivity contribution in [2.45, 2.75) is 6.92 Å². The van der Waals surface area contributed by atoms with Crippen LogP contribution in [0.1, 0.15) is 27.8 Å². The molecule has 1 amide bonds. The summed E-state index contributed by atoms with van der Waals surface area (Å²) in [7, 11) is 0. The van der Waals surface area contributed by atoms with Gasteiger partial charge in [-0.1, -0.05) is 11.6 Å². The third-order valence-electron chi connectivity index (χ3n) is 2.69. The highest BCUT2D eigenvalue weighted by Gasteiger charge is 2.17. The van der Waals surface area contributed by atoms with Crippen LogP contribution in [0.3, 0.4) is 0 Å². The Labute approximate surface area is 125 Å². The number of amides is 1. The number of halogens is 1. The van der Waals surface area contributed by atoms with Crippen molar-refractivity contribution in [1.29, 1.82) is 0 Å².